The molecule has 0 saturated carbocycles. The minimum absolute atomic E-state index is 0.137. The molecule has 0 bridgehead atoms. The summed E-state index contributed by atoms with van der Waals surface area (Å²) in [4.78, 5) is 2.26. The summed E-state index contributed by atoms with van der Waals surface area (Å²) >= 11 is 0. The zero-order valence-corrected chi connectivity index (χ0v) is 13.8. The molecule has 22 heavy (non-hydrogen) atoms. The predicted octanol–water partition coefficient (Wildman–Crippen LogP) is 2.63. The lowest BCUT2D eigenvalue weighted by Crippen LogP contribution is -2.34. The fourth-order valence-electron chi connectivity index (χ4n) is 3.50. The van der Waals surface area contributed by atoms with E-state index in [0.717, 1.165) is 24.2 Å². The zero-order chi connectivity index (χ0) is 15.9. The van der Waals surface area contributed by atoms with Crippen LogP contribution in [0.15, 0.2) is 30.5 Å². The van der Waals surface area contributed by atoms with Crippen LogP contribution < -0.4 is 0 Å². The van der Waals surface area contributed by atoms with Crippen molar-refractivity contribution in [1.82, 2.24) is 14.7 Å². The van der Waals surface area contributed by atoms with E-state index in [0.29, 0.717) is 5.92 Å². The molecule has 0 spiro atoms. The van der Waals surface area contributed by atoms with Crippen LogP contribution in [-0.4, -0.2) is 32.9 Å². The van der Waals surface area contributed by atoms with Gasteiger partial charge in [-0.2, -0.15) is 5.10 Å². The van der Waals surface area contributed by atoms with Crippen LogP contribution in [0.1, 0.15) is 48.3 Å². The van der Waals surface area contributed by atoms with Crippen LogP contribution in [-0.2, 0) is 20.0 Å². The lowest BCUT2D eigenvalue weighted by molar-refractivity contribution is 0.0719. The second-order valence-electron chi connectivity index (χ2n) is 6.70. The third-order valence-electron chi connectivity index (χ3n) is 4.64. The SMILES string of the molecule is CC(C)c1nn(C)cc1CN(C)[C@@H]1Cc2ccccc2[C@H]1O. The highest BCUT2D eigenvalue weighted by molar-refractivity contribution is 5.36. The highest BCUT2D eigenvalue weighted by Crippen LogP contribution is 2.34. The summed E-state index contributed by atoms with van der Waals surface area (Å²) in [6, 6.07) is 8.35. The molecule has 2 atom stereocenters. The number of rotatable bonds is 4. The number of aromatic nitrogens is 2. The largest absolute Gasteiger partial charge is 0.387 e. The van der Waals surface area contributed by atoms with E-state index in [4.69, 9.17) is 0 Å². The summed E-state index contributed by atoms with van der Waals surface area (Å²) in [5.41, 5.74) is 4.75. The zero-order valence-electron chi connectivity index (χ0n) is 13.8. The lowest BCUT2D eigenvalue weighted by atomic mass is 10.0. The van der Waals surface area contributed by atoms with Crippen molar-refractivity contribution in [2.75, 3.05) is 7.05 Å². The van der Waals surface area contributed by atoms with Crippen molar-refractivity contribution in [3.63, 3.8) is 0 Å². The molecule has 0 fully saturated rings. The molecule has 2 aromatic rings. The van der Waals surface area contributed by atoms with E-state index >= 15 is 0 Å². The standard InChI is InChI=1S/C18H25N3O/c1-12(2)17-14(11-21(4)19-17)10-20(3)16-9-13-7-5-6-8-15(13)18(16)22/h5-8,11-12,16,18,22H,9-10H2,1-4H3/t16-,18-/m1/s1. The fraction of sp³-hybridized carbons (Fsp3) is 0.500. The molecule has 1 heterocycles. The number of nitrogens with zero attached hydrogens (tertiary/aromatic N) is 3. The van der Waals surface area contributed by atoms with Crippen LogP contribution in [0, 0.1) is 0 Å². The minimum Gasteiger partial charge on any atom is -0.387 e. The van der Waals surface area contributed by atoms with E-state index < -0.39 is 6.10 Å². The van der Waals surface area contributed by atoms with Crippen molar-refractivity contribution in [1.29, 1.82) is 0 Å². The van der Waals surface area contributed by atoms with Crippen LogP contribution in [0.2, 0.25) is 0 Å². The maximum absolute atomic E-state index is 10.6. The molecule has 0 saturated heterocycles. The fourth-order valence-corrected chi connectivity index (χ4v) is 3.50. The van der Waals surface area contributed by atoms with Crippen molar-refractivity contribution in [3.8, 4) is 0 Å². The Morgan fingerprint density at radius 3 is 2.77 bits per heavy atom. The Bertz CT molecular complexity index is 662. The Morgan fingerprint density at radius 1 is 1.36 bits per heavy atom. The van der Waals surface area contributed by atoms with Crippen molar-refractivity contribution in [2.45, 2.75) is 44.9 Å². The minimum atomic E-state index is -0.402. The molecule has 1 aromatic heterocycles. The number of aliphatic hydroxyl groups is 1. The smallest absolute Gasteiger partial charge is 0.0951 e. The highest BCUT2D eigenvalue weighted by Gasteiger charge is 2.33. The van der Waals surface area contributed by atoms with E-state index in [2.05, 4.69) is 43.2 Å². The average molecular weight is 299 g/mol. The number of likely N-dealkylation sites (N-methyl/N-ethyl adjacent to an activating group) is 1. The predicted molar refractivity (Wildman–Crippen MR) is 87.7 cm³/mol. The van der Waals surface area contributed by atoms with E-state index in [1.54, 1.807) is 0 Å². The molecular formula is C18H25N3O. The maximum atomic E-state index is 10.6. The monoisotopic (exact) mass is 299 g/mol. The van der Waals surface area contributed by atoms with Gasteiger partial charge >= 0.3 is 0 Å². The van der Waals surface area contributed by atoms with Crippen molar-refractivity contribution >= 4 is 0 Å². The van der Waals surface area contributed by atoms with Crippen LogP contribution in [0.5, 0.6) is 0 Å². The molecule has 1 N–H and O–H groups in total. The Hall–Kier alpha value is -1.65. The number of hydrogen-bond acceptors (Lipinski definition) is 3. The van der Waals surface area contributed by atoms with Crippen molar-refractivity contribution in [2.24, 2.45) is 7.05 Å². The van der Waals surface area contributed by atoms with Gasteiger partial charge in [0.2, 0.25) is 0 Å². The van der Waals surface area contributed by atoms with Crippen LogP contribution in [0.3, 0.4) is 0 Å². The van der Waals surface area contributed by atoms with E-state index in [1.165, 1.54) is 11.1 Å². The van der Waals surface area contributed by atoms with Crippen molar-refractivity contribution < 1.29 is 5.11 Å². The van der Waals surface area contributed by atoms with Gasteiger partial charge in [0.15, 0.2) is 0 Å². The first-order valence-electron chi connectivity index (χ1n) is 7.96. The van der Waals surface area contributed by atoms with Gasteiger partial charge in [0.25, 0.3) is 0 Å². The number of fused-ring (bicyclic) bond motifs is 1. The van der Waals surface area contributed by atoms with E-state index in [-0.39, 0.29) is 6.04 Å². The molecule has 1 aromatic carbocycles. The van der Waals surface area contributed by atoms with Gasteiger partial charge in [-0.3, -0.25) is 9.58 Å². The number of benzene rings is 1. The third kappa shape index (κ3) is 2.69. The molecule has 4 heteroatoms. The molecule has 4 nitrogen and oxygen atoms in total. The number of aliphatic hydroxyl groups excluding tert-OH is 1. The molecule has 0 amide bonds. The Morgan fingerprint density at radius 2 is 2.09 bits per heavy atom. The molecule has 0 aliphatic heterocycles. The average Bonchev–Trinajstić information content (AvgIpc) is 3.00. The van der Waals surface area contributed by atoms with E-state index in [1.807, 2.05) is 29.9 Å². The van der Waals surface area contributed by atoms with Crippen molar-refractivity contribution in [3.05, 3.63) is 52.8 Å². The number of hydrogen-bond donors (Lipinski definition) is 1. The van der Waals surface area contributed by atoms with Gasteiger partial charge < -0.3 is 5.11 Å². The van der Waals surface area contributed by atoms with Crippen LogP contribution in [0.25, 0.3) is 0 Å². The first-order chi connectivity index (χ1) is 10.5. The van der Waals surface area contributed by atoms with Gasteiger partial charge in [0, 0.05) is 31.4 Å². The van der Waals surface area contributed by atoms with Gasteiger partial charge in [0.1, 0.15) is 0 Å². The Kier molecular flexibility index (Phi) is 4.06. The molecule has 1 aliphatic rings. The first kappa shape index (κ1) is 15.3. The highest BCUT2D eigenvalue weighted by atomic mass is 16.3. The molecule has 1 aliphatic carbocycles. The van der Waals surface area contributed by atoms with E-state index in [9.17, 15) is 5.11 Å². The molecule has 118 valence electrons. The quantitative estimate of drug-likeness (QED) is 0.943. The third-order valence-corrected chi connectivity index (χ3v) is 4.64. The topological polar surface area (TPSA) is 41.3 Å². The van der Waals surface area contributed by atoms with Gasteiger partial charge in [-0.05, 0) is 30.5 Å². The summed E-state index contributed by atoms with van der Waals surface area (Å²) in [6.07, 6.45) is 2.60. The summed E-state index contributed by atoms with van der Waals surface area (Å²) < 4.78 is 1.89. The van der Waals surface area contributed by atoms with Gasteiger partial charge in [-0.15, -0.1) is 0 Å². The van der Waals surface area contributed by atoms with Gasteiger partial charge in [-0.25, -0.2) is 0 Å². The van der Waals surface area contributed by atoms with Crippen LogP contribution >= 0.6 is 0 Å². The summed E-state index contributed by atoms with van der Waals surface area (Å²) in [6.45, 7) is 5.16. The van der Waals surface area contributed by atoms with Gasteiger partial charge in [0.05, 0.1) is 11.8 Å². The van der Waals surface area contributed by atoms with Crippen LogP contribution in [0.4, 0.5) is 0 Å². The second kappa shape index (κ2) is 5.86. The summed E-state index contributed by atoms with van der Waals surface area (Å²) in [5, 5.41) is 15.2. The second-order valence-corrected chi connectivity index (χ2v) is 6.70. The first-order valence-corrected chi connectivity index (χ1v) is 7.96. The lowest BCUT2D eigenvalue weighted by Gasteiger charge is -2.27. The summed E-state index contributed by atoms with van der Waals surface area (Å²) in [5.74, 6) is 0.412. The maximum Gasteiger partial charge on any atom is 0.0951 e. The molecule has 0 unspecified atom stereocenters. The van der Waals surface area contributed by atoms with Gasteiger partial charge in [-0.1, -0.05) is 38.1 Å². The molecule has 0 radical (unpaired) electrons. The normalized spacial score (nSPS) is 20.9. The number of aryl methyl sites for hydroxylation is 1. The Balaban J connectivity index is 1.78. The summed E-state index contributed by atoms with van der Waals surface area (Å²) in [7, 11) is 4.06. The Labute approximate surface area is 132 Å². The molecular weight excluding hydrogens is 274 g/mol. The molecule has 3 rings (SSSR count).